The molecule has 20 heavy (non-hydrogen) atoms. The number of nitrogens with zero attached hydrogens (tertiary/aromatic N) is 1. The quantitative estimate of drug-likeness (QED) is 0.834. The first kappa shape index (κ1) is 15.0. The van der Waals surface area contributed by atoms with E-state index in [0.717, 1.165) is 19.1 Å². The second kappa shape index (κ2) is 5.52. The Morgan fingerprint density at radius 1 is 1.45 bits per heavy atom. The maximum Gasteiger partial charge on any atom is 0.254 e. The number of amides is 1. The fourth-order valence-corrected chi connectivity index (χ4v) is 3.40. The zero-order valence-corrected chi connectivity index (χ0v) is 12.4. The van der Waals surface area contributed by atoms with Crippen LogP contribution in [0.3, 0.4) is 0 Å². The van der Waals surface area contributed by atoms with Crippen molar-refractivity contribution in [2.45, 2.75) is 31.8 Å². The van der Waals surface area contributed by atoms with Gasteiger partial charge in [-0.2, -0.15) is 0 Å². The minimum absolute atomic E-state index is 0.0718. The molecule has 1 fully saturated rings. The molecule has 0 saturated heterocycles. The zero-order chi connectivity index (χ0) is 14.9. The van der Waals surface area contributed by atoms with Gasteiger partial charge in [0.1, 0.15) is 15.7 Å². The Kier molecular flexibility index (Phi) is 4.13. The lowest BCUT2D eigenvalue weighted by molar-refractivity contribution is 0.0692. The largest absolute Gasteiger partial charge is 0.332 e. The Balaban J connectivity index is 2.22. The van der Waals surface area contributed by atoms with Crippen molar-refractivity contribution < 1.29 is 17.6 Å². The van der Waals surface area contributed by atoms with Gasteiger partial charge in [0, 0.05) is 23.9 Å². The van der Waals surface area contributed by atoms with Gasteiger partial charge < -0.3 is 4.90 Å². The number of sulfone groups is 1. The summed E-state index contributed by atoms with van der Waals surface area (Å²) in [5.41, 5.74) is 0.261. The average molecular weight is 299 g/mol. The summed E-state index contributed by atoms with van der Waals surface area (Å²) >= 11 is 0. The van der Waals surface area contributed by atoms with Gasteiger partial charge in [0.05, 0.1) is 5.75 Å². The van der Waals surface area contributed by atoms with Gasteiger partial charge in [-0.15, -0.1) is 0 Å². The number of rotatable bonds is 5. The van der Waals surface area contributed by atoms with Crippen molar-refractivity contribution in [3.8, 4) is 0 Å². The Hall–Kier alpha value is -1.43. The number of benzene rings is 1. The third kappa shape index (κ3) is 3.79. The molecule has 0 aromatic heterocycles. The van der Waals surface area contributed by atoms with Crippen LogP contribution in [0.25, 0.3) is 0 Å². The van der Waals surface area contributed by atoms with E-state index in [-0.39, 0.29) is 23.3 Å². The van der Waals surface area contributed by atoms with Crippen molar-refractivity contribution in [3.63, 3.8) is 0 Å². The summed E-state index contributed by atoms with van der Waals surface area (Å²) in [5.74, 6) is -0.851. The molecule has 110 valence electrons. The normalized spacial score (nSPS) is 16.8. The molecule has 4 nitrogen and oxygen atoms in total. The Bertz CT molecular complexity index is 611. The van der Waals surface area contributed by atoms with Gasteiger partial charge in [-0.25, -0.2) is 12.8 Å². The Morgan fingerprint density at radius 2 is 2.10 bits per heavy atom. The van der Waals surface area contributed by atoms with Crippen molar-refractivity contribution in [1.82, 2.24) is 4.90 Å². The lowest BCUT2D eigenvalue weighted by Crippen LogP contribution is -2.43. The molecule has 0 bridgehead atoms. The summed E-state index contributed by atoms with van der Waals surface area (Å²) in [4.78, 5) is 14.0. The highest BCUT2D eigenvalue weighted by molar-refractivity contribution is 7.90. The molecule has 0 heterocycles. The molecule has 0 N–H and O–H groups in total. The third-order valence-corrected chi connectivity index (χ3v) is 4.35. The first-order valence-corrected chi connectivity index (χ1v) is 8.60. The Morgan fingerprint density at radius 3 is 2.60 bits per heavy atom. The summed E-state index contributed by atoms with van der Waals surface area (Å²) in [6.45, 7) is 1.72. The van der Waals surface area contributed by atoms with Crippen LogP contribution in [-0.2, 0) is 9.84 Å². The molecule has 1 unspecified atom stereocenters. The van der Waals surface area contributed by atoms with Gasteiger partial charge in [0.15, 0.2) is 0 Å². The Labute approximate surface area is 118 Å². The van der Waals surface area contributed by atoms with Crippen LogP contribution >= 0.6 is 0 Å². The van der Waals surface area contributed by atoms with Crippen molar-refractivity contribution in [2.75, 3.05) is 12.0 Å². The molecule has 0 aliphatic heterocycles. The highest BCUT2D eigenvalue weighted by atomic mass is 32.2. The second-order valence-electron chi connectivity index (χ2n) is 5.40. The predicted octanol–water partition coefficient (Wildman–Crippen LogP) is 1.86. The van der Waals surface area contributed by atoms with E-state index < -0.39 is 21.7 Å². The first-order valence-electron chi connectivity index (χ1n) is 6.54. The monoisotopic (exact) mass is 299 g/mol. The molecule has 6 heteroatoms. The van der Waals surface area contributed by atoms with E-state index in [2.05, 4.69) is 0 Å². The number of carbonyl (C=O) groups excluding carboxylic acids is 1. The van der Waals surface area contributed by atoms with E-state index in [1.807, 2.05) is 0 Å². The standard InChI is InChI=1S/C14H18FNO3S/c1-10(9-20(2,18)19)16(13-6-7-13)14(17)11-4-3-5-12(15)8-11/h3-5,8,10,13H,6-7,9H2,1-2H3. The van der Waals surface area contributed by atoms with E-state index in [9.17, 15) is 17.6 Å². The van der Waals surface area contributed by atoms with Crippen LogP contribution in [0.2, 0.25) is 0 Å². The molecular formula is C14H18FNO3S. The minimum Gasteiger partial charge on any atom is -0.332 e. The minimum atomic E-state index is -3.17. The highest BCUT2D eigenvalue weighted by Crippen LogP contribution is 2.30. The molecule has 1 aromatic carbocycles. The summed E-state index contributed by atoms with van der Waals surface area (Å²) in [6.07, 6.45) is 2.89. The summed E-state index contributed by atoms with van der Waals surface area (Å²) in [7, 11) is -3.17. The predicted molar refractivity (Wildman–Crippen MR) is 74.8 cm³/mol. The van der Waals surface area contributed by atoms with Gasteiger partial charge in [-0.1, -0.05) is 6.07 Å². The van der Waals surface area contributed by atoms with E-state index in [1.54, 1.807) is 17.9 Å². The number of halogens is 1. The van der Waals surface area contributed by atoms with Gasteiger partial charge >= 0.3 is 0 Å². The molecule has 1 amide bonds. The number of hydrogen-bond donors (Lipinski definition) is 0. The molecular weight excluding hydrogens is 281 g/mol. The molecule has 1 aliphatic rings. The average Bonchev–Trinajstić information content (AvgIpc) is 3.11. The maximum atomic E-state index is 13.2. The topological polar surface area (TPSA) is 54.5 Å². The molecule has 0 spiro atoms. The van der Waals surface area contributed by atoms with Crippen LogP contribution in [0.5, 0.6) is 0 Å². The smallest absolute Gasteiger partial charge is 0.254 e. The van der Waals surface area contributed by atoms with Crippen LogP contribution in [0.15, 0.2) is 24.3 Å². The van der Waals surface area contributed by atoms with Crippen LogP contribution < -0.4 is 0 Å². The van der Waals surface area contributed by atoms with Crippen molar-refractivity contribution >= 4 is 15.7 Å². The van der Waals surface area contributed by atoms with Crippen LogP contribution in [0.4, 0.5) is 4.39 Å². The van der Waals surface area contributed by atoms with Gasteiger partial charge in [0.2, 0.25) is 0 Å². The fraction of sp³-hybridized carbons (Fsp3) is 0.500. The lowest BCUT2D eigenvalue weighted by atomic mass is 10.1. The second-order valence-corrected chi connectivity index (χ2v) is 7.58. The number of carbonyl (C=O) groups is 1. The SMILES string of the molecule is CC(CS(C)(=O)=O)N(C(=O)c1cccc(F)c1)C1CC1. The zero-order valence-electron chi connectivity index (χ0n) is 11.5. The van der Waals surface area contributed by atoms with Crippen molar-refractivity contribution in [1.29, 1.82) is 0 Å². The van der Waals surface area contributed by atoms with E-state index >= 15 is 0 Å². The van der Waals surface area contributed by atoms with E-state index in [0.29, 0.717) is 0 Å². The van der Waals surface area contributed by atoms with E-state index in [4.69, 9.17) is 0 Å². The lowest BCUT2D eigenvalue weighted by Gasteiger charge is -2.29. The summed E-state index contributed by atoms with van der Waals surface area (Å²) < 4.78 is 36.0. The van der Waals surface area contributed by atoms with Crippen LogP contribution in [0.1, 0.15) is 30.1 Å². The molecule has 1 aromatic rings. The van der Waals surface area contributed by atoms with E-state index in [1.165, 1.54) is 18.2 Å². The molecule has 1 aliphatic carbocycles. The number of hydrogen-bond acceptors (Lipinski definition) is 3. The fourth-order valence-electron chi connectivity index (χ4n) is 2.37. The van der Waals surface area contributed by atoms with Gasteiger partial charge in [0.25, 0.3) is 5.91 Å². The highest BCUT2D eigenvalue weighted by Gasteiger charge is 2.37. The summed E-state index contributed by atoms with van der Waals surface area (Å²) in [6, 6.07) is 5.15. The third-order valence-electron chi connectivity index (χ3n) is 3.27. The van der Waals surface area contributed by atoms with Crippen LogP contribution in [0, 0.1) is 5.82 Å². The molecule has 2 rings (SSSR count). The first-order chi connectivity index (χ1) is 9.28. The van der Waals surface area contributed by atoms with Crippen molar-refractivity contribution in [2.24, 2.45) is 0 Å². The van der Waals surface area contributed by atoms with Gasteiger partial charge in [-0.05, 0) is 38.0 Å². The van der Waals surface area contributed by atoms with Crippen LogP contribution in [-0.4, -0.2) is 43.3 Å². The molecule has 0 radical (unpaired) electrons. The van der Waals surface area contributed by atoms with Gasteiger partial charge in [-0.3, -0.25) is 4.79 Å². The summed E-state index contributed by atoms with van der Waals surface area (Å²) in [5, 5.41) is 0. The maximum absolute atomic E-state index is 13.2. The molecule has 1 atom stereocenters. The van der Waals surface area contributed by atoms with Crippen molar-refractivity contribution in [3.05, 3.63) is 35.6 Å². The molecule has 1 saturated carbocycles.